The van der Waals surface area contributed by atoms with Gasteiger partial charge in [0.15, 0.2) is 17.2 Å². The average Bonchev–Trinajstić information content (AvgIpc) is 2.80. The number of aliphatic hydroxyl groups is 1. The van der Waals surface area contributed by atoms with E-state index in [0.29, 0.717) is 5.56 Å². The molecule has 2 unspecified atom stereocenters. The first-order chi connectivity index (χ1) is 14.8. The molecule has 1 heterocycles. The molecule has 9 heteroatoms. The summed E-state index contributed by atoms with van der Waals surface area (Å²) in [4.78, 5) is 7.89. The number of nitrogens with zero attached hydrogens (tertiary/aromatic N) is 2. The Hall–Kier alpha value is -2.81. The van der Waals surface area contributed by atoms with E-state index in [9.17, 15) is 27.1 Å². The summed E-state index contributed by atoms with van der Waals surface area (Å²) in [7, 11) is 0. The summed E-state index contributed by atoms with van der Waals surface area (Å²) in [6.45, 7) is 5.12. The molecule has 1 aromatic heterocycles. The highest BCUT2D eigenvalue weighted by Gasteiger charge is 2.61. The summed E-state index contributed by atoms with van der Waals surface area (Å²) < 4.78 is 71.5. The molecule has 2 N–H and O–H groups in total. The van der Waals surface area contributed by atoms with Gasteiger partial charge in [-0.15, -0.1) is 0 Å². The second kappa shape index (κ2) is 7.37. The fourth-order valence-electron chi connectivity index (χ4n) is 4.40. The summed E-state index contributed by atoms with van der Waals surface area (Å²) in [5, 5.41) is 13.7. The molecule has 0 saturated carbocycles. The monoisotopic (exact) mass is 451 g/mol. The van der Waals surface area contributed by atoms with Crippen molar-refractivity contribution in [3.63, 3.8) is 0 Å². The molecule has 0 bridgehead atoms. The SMILES string of the molecule is Cc1ncc2c(NC3c4ccccc4C(C)(C)CCC3(O)C(F)(F)F)cc(F)c(F)c2n1. The van der Waals surface area contributed by atoms with Crippen LogP contribution >= 0.6 is 0 Å². The summed E-state index contributed by atoms with van der Waals surface area (Å²) in [6, 6.07) is 5.64. The molecule has 0 spiro atoms. The predicted molar refractivity (Wildman–Crippen MR) is 110 cm³/mol. The first-order valence-corrected chi connectivity index (χ1v) is 10.1. The van der Waals surface area contributed by atoms with Gasteiger partial charge in [0.05, 0.1) is 6.04 Å². The fraction of sp³-hybridized carbons (Fsp3) is 0.391. The lowest BCUT2D eigenvalue weighted by Gasteiger charge is -2.38. The molecule has 0 saturated heterocycles. The van der Waals surface area contributed by atoms with E-state index >= 15 is 0 Å². The molecular formula is C23H22F5N3O. The zero-order valence-electron chi connectivity index (χ0n) is 17.7. The number of anilines is 1. The van der Waals surface area contributed by atoms with Crippen LogP contribution in [0.15, 0.2) is 36.5 Å². The van der Waals surface area contributed by atoms with Gasteiger partial charge in [-0.3, -0.25) is 0 Å². The number of rotatable bonds is 2. The summed E-state index contributed by atoms with van der Waals surface area (Å²) in [5.41, 5.74) is -3.42. The minimum atomic E-state index is -4.99. The van der Waals surface area contributed by atoms with E-state index in [-0.39, 0.29) is 34.4 Å². The molecule has 0 radical (unpaired) electrons. The Morgan fingerprint density at radius 3 is 2.50 bits per heavy atom. The van der Waals surface area contributed by atoms with E-state index in [1.807, 2.05) is 13.8 Å². The Labute approximate surface area is 181 Å². The largest absolute Gasteiger partial charge is 0.419 e. The first kappa shape index (κ1) is 22.4. The smallest absolute Gasteiger partial charge is 0.379 e. The van der Waals surface area contributed by atoms with Gasteiger partial charge in [0.1, 0.15) is 11.3 Å². The highest BCUT2D eigenvalue weighted by Crippen LogP contribution is 2.51. The van der Waals surface area contributed by atoms with E-state index in [2.05, 4.69) is 15.3 Å². The quantitative estimate of drug-likeness (QED) is 0.386. The highest BCUT2D eigenvalue weighted by atomic mass is 19.4. The van der Waals surface area contributed by atoms with E-state index in [1.54, 1.807) is 18.2 Å². The third-order valence-electron chi connectivity index (χ3n) is 6.29. The van der Waals surface area contributed by atoms with Crippen molar-refractivity contribution < 1.29 is 27.1 Å². The highest BCUT2D eigenvalue weighted by molar-refractivity contribution is 5.91. The Kier molecular flexibility index (Phi) is 5.15. The third-order valence-corrected chi connectivity index (χ3v) is 6.29. The van der Waals surface area contributed by atoms with Gasteiger partial charge in [0.25, 0.3) is 0 Å². The molecule has 0 fully saturated rings. The van der Waals surface area contributed by atoms with Crippen molar-refractivity contribution in [3.8, 4) is 0 Å². The topological polar surface area (TPSA) is 58.0 Å². The molecule has 4 nitrogen and oxygen atoms in total. The summed E-state index contributed by atoms with van der Waals surface area (Å²) in [5.74, 6) is -2.30. The van der Waals surface area contributed by atoms with Gasteiger partial charge < -0.3 is 10.4 Å². The molecule has 4 rings (SSSR count). The van der Waals surface area contributed by atoms with Crippen LogP contribution in [0.2, 0.25) is 0 Å². The van der Waals surface area contributed by atoms with Gasteiger partial charge in [-0.1, -0.05) is 38.1 Å². The molecule has 3 aromatic rings. The maximum Gasteiger partial charge on any atom is 0.419 e. The number of aryl methyl sites for hydroxylation is 1. The van der Waals surface area contributed by atoms with Gasteiger partial charge in [-0.25, -0.2) is 18.7 Å². The van der Waals surface area contributed by atoms with Crippen molar-refractivity contribution >= 4 is 16.6 Å². The number of halogens is 5. The van der Waals surface area contributed by atoms with Crippen LogP contribution in [-0.4, -0.2) is 26.9 Å². The van der Waals surface area contributed by atoms with Crippen molar-refractivity contribution in [1.82, 2.24) is 9.97 Å². The Bertz CT molecular complexity index is 1190. The normalized spacial score (nSPS) is 23.0. The van der Waals surface area contributed by atoms with Crippen LogP contribution in [-0.2, 0) is 5.41 Å². The van der Waals surface area contributed by atoms with Crippen LogP contribution in [0.1, 0.15) is 49.7 Å². The van der Waals surface area contributed by atoms with Gasteiger partial charge in [-0.2, -0.15) is 13.2 Å². The van der Waals surface area contributed by atoms with E-state index in [4.69, 9.17) is 0 Å². The Morgan fingerprint density at radius 2 is 1.81 bits per heavy atom. The van der Waals surface area contributed by atoms with Crippen LogP contribution in [0, 0.1) is 18.6 Å². The molecule has 1 aliphatic carbocycles. The molecule has 32 heavy (non-hydrogen) atoms. The van der Waals surface area contributed by atoms with E-state index < -0.39 is 41.3 Å². The van der Waals surface area contributed by atoms with Gasteiger partial charge in [0, 0.05) is 23.3 Å². The summed E-state index contributed by atoms with van der Waals surface area (Å²) >= 11 is 0. The number of fused-ring (bicyclic) bond motifs is 2. The summed E-state index contributed by atoms with van der Waals surface area (Å²) in [6.07, 6.45) is -4.27. The first-order valence-electron chi connectivity index (χ1n) is 10.1. The van der Waals surface area contributed by atoms with Crippen molar-refractivity contribution in [2.45, 2.75) is 56.8 Å². The van der Waals surface area contributed by atoms with Crippen molar-refractivity contribution in [2.24, 2.45) is 0 Å². The average molecular weight is 451 g/mol. The molecule has 2 atom stereocenters. The van der Waals surface area contributed by atoms with Gasteiger partial charge >= 0.3 is 6.18 Å². The molecule has 0 aliphatic heterocycles. The van der Waals surface area contributed by atoms with Crippen LogP contribution in [0.25, 0.3) is 10.9 Å². The lowest BCUT2D eigenvalue weighted by Crippen LogP contribution is -2.52. The van der Waals surface area contributed by atoms with Crippen molar-refractivity contribution in [3.05, 3.63) is 65.1 Å². The number of benzene rings is 2. The number of hydrogen-bond acceptors (Lipinski definition) is 4. The maximum atomic E-state index is 14.4. The Morgan fingerprint density at radius 1 is 1.12 bits per heavy atom. The molecule has 0 amide bonds. The van der Waals surface area contributed by atoms with Crippen molar-refractivity contribution in [2.75, 3.05) is 5.32 Å². The second-order valence-electron chi connectivity index (χ2n) is 8.87. The standard InChI is InChI=1S/C23H22F5N3O/c1-12-29-11-14-17(10-16(24)18(25)19(14)30-12)31-20-13-6-4-5-7-15(13)21(2,3)8-9-22(20,32)23(26,27)28/h4-7,10-11,20,31-32H,8-9H2,1-3H3. The van der Waals surface area contributed by atoms with Crippen LogP contribution in [0.4, 0.5) is 27.6 Å². The number of aromatic nitrogens is 2. The molecular weight excluding hydrogens is 429 g/mol. The van der Waals surface area contributed by atoms with Crippen LogP contribution in [0.3, 0.4) is 0 Å². The zero-order chi connectivity index (χ0) is 23.5. The van der Waals surface area contributed by atoms with Gasteiger partial charge in [-0.05, 0) is 36.3 Å². The lowest BCUT2D eigenvalue weighted by atomic mass is 9.79. The predicted octanol–water partition coefficient (Wildman–Crippen LogP) is 5.73. The minimum absolute atomic E-state index is 0.0139. The fourth-order valence-corrected chi connectivity index (χ4v) is 4.40. The number of nitrogens with one attached hydrogen (secondary N) is 1. The maximum absolute atomic E-state index is 14.4. The number of alkyl halides is 3. The van der Waals surface area contributed by atoms with Gasteiger partial charge in [0.2, 0.25) is 0 Å². The van der Waals surface area contributed by atoms with Crippen molar-refractivity contribution in [1.29, 1.82) is 0 Å². The third kappa shape index (κ3) is 3.48. The molecule has 170 valence electrons. The lowest BCUT2D eigenvalue weighted by molar-refractivity contribution is -0.269. The zero-order valence-corrected chi connectivity index (χ0v) is 17.7. The van der Waals surface area contributed by atoms with E-state index in [0.717, 1.165) is 6.07 Å². The number of hydrogen-bond donors (Lipinski definition) is 2. The minimum Gasteiger partial charge on any atom is -0.379 e. The Balaban J connectivity index is 1.97. The van der Waals surface area contributed by atoms with Crippen LogP contribution in [0.5, 0.6) is 0 Å². The van der Waals surface area contributed by atoms with Crippen LogP contribution < -0.4 is 5.32 Å². The molecule has 2 aromatic carbocycles. The molecule has 1 aliphatic rings. The second-order valence-corrected chi connectivity index (χ2v) is 8.87. The van der Waals surface area contributed by atoms with E-state index in [1.165, 1.54) is 19.2 Å².